The first-order valence-electron chi connectivity index (χ1n) is 10.1. The first-order valence-corrected chi connectivity index (χ1v) is 10.1. The van der Waals surface area contributed by atoms with Gasteiger partial charge in [0.2, 0.25) is 0 Å². The number of unbranched alkanes of at least 4 members (excludes halogenated alkanes) is 16. The molecule has 0 spiro atoms. The van der Waals surface area contributed by atoms with Gasteiger partial charge in [-0.05, 0) is 25.7 Å². The summed E-state index contributed by atoms with van der Waals surface area (Å²) in [7, 11) is 0. The van der Waals surface area contributed by atoms with Crippen molar-refractivity contribution in [2.45, 2.75) is 116 Å². The van der Waals surface area contributed by atoms with Crippen LogP contribution < -0.4 is 0 Å². The van der Waals surface area contributed by atoms with E-state index in [2.05, 4.69) is 26.0 Å². The molecule has 0 aliphatic heterocycles. The average molecular weight is 307 g/mol. The summed E-state index contributed by atoms with van der Waals surface area (Å²) in [4.78, 5) is 0. The van der Waals surface area contributed by atoms with Crippen LogP contribution in [0.1, 0.15) is 116 Å². The first-order chi connectivity index (χ1) is 10.9. The topological polar surface area (TPSA) is 0 Å². The van der Waals surface area contributed by atoms with E-state index in [1.807, 2.05) is 0 Å². The lowest BCUT2D eigenvalue weighted by Gasteiger charge is -2.01. The minimum absolute atomic E-state index is 1.10. The van der Waals surface area contributed by atoms with Gasteiger partial charge in [0.15, 0.2) is 0 Å². The van der Waals surface area contributed by atoms with Crippen molar-refractivity contribution in [1.82, 2.24) is 0 Å². The molecule has 130 valence electrons. The molecule has 0 saturated heterocycles. The second-order valence-corrected chi connectivity index (χ2v) is 6.71. The molecule has 0 fully saturated rings. The summed E-state index contributed by atoms with van der Waals surface area (Å²) < 4.78 is 0. The summed E-state index contributed by atoms with van der Waals surface area (Å²) >= 11 is 0. The maximum Gasteiger partial charge on any atom is -0.0351 e. The van der Waals surface area contributed by atoms with Crippen LogP contribution in [0.25, 0.3) is 0 Å². The Balaban J connectivity index is 3.01. The van der Waals surface area contributed by atoms with Gasteiger partial charge in [-0.1, -0.05) is 116 Å². The van der Waals surface area contributed by atoms with Crippen molar-refractivity contribution in [3.63, 3.8) is 0 Å². The summed E-state index contributed by atoms with van der Waals surface area (Å²) in [5.41, 5.74) is 0. The highest BCUT2D eigenvalue weighted by molar-refractivity contribution is 4.81. The SMILES string of the molecule is [CH2]CCCCCCC=CCCCCCCCCCCCC[CH2]. The van der Waals surface area contributed by atoms with Crippen molar-refractivity contribution in [1.29, 1.82) is 0 Å². The van der Waals surface area contributed by atoms with Gasteiger partial charge in [0.05, 0.1) is 0 Å². The van der Waals surface area contributed by atoms with Crippen LogP contribution in [0.2, 0.25) is 0 Å². The Bertz CT molecular complexity index is 204. The van der Waals surface area contributed by atoms with E-state index in [0.717, 1.165) is 12.8 Å². The highest BCUT2D eigenvalue weighted by Gasteiger charge is 1.92. The lowest BCUT2D eigenvalue weighted by atomic mass is 10.1. The van der Waals surface area contributed by atoms with Gasteiger partial charge in [-0.3, -0.25) is 0 Å². The zero-order valence-electron chi connectivity index (χ0n) is 15.3. The molecule has 0 rings (SSSR count). The molecule has 0 unspecified atom stereocenters. The molecule has 0 heterocycles. The fourth-order valence-electron chi connectivity index (χ4n) is 2.88. The van der Waals surface area contributed by atoms with E-state index in [1.165, 1.54) is 103 Å². The molecule has 0 heteroatoms. The van der Waals surface area contributed by atoms with Gasteiger partial charge in [-0.2, -0.15) is 0 Å². The molecule has 0 N–H and O–H groups in total. The van der Waals surface area contributed by atoms with Crippen LogP contribution in [0.3, 0.4) is 0 Å². The van der Waals surface area contributed by atoms with Crippen molar-refractivity contribution < 1.29 is 0 Å². The van der Waals surface area contributed by atoms with E-state index >= 15 is 0 Å². The third kappa shape index (κ3) is 19.7. The summed E-state index contributed by atoms with van der Waals surface area (Å²) in [5, 5.41) is 0. The molecule has 0 nitrogen and oxygen atoms in total. The lowest BCUT2D eigenvalue weighted by Crippen LogP contribution is -1.82. The number of allylic oxidation sites excluding steroid dienone is 2. The van der Waals surface area contributed by atoms with Crippen molar-refractivity contribution in [2.75, 3.05) is 0 Å². The molecule has 22 heavy (non-hydrogen) atoms. The lowest BCUT2D eigenvalue weighted by molar-refractivity contribution is 0.553. The zero-order chi connectivity index (χ0) is 16.1. The summed E-state index contributed by atoms with van der Waals surface area (Å²) in [6.45, 7) is 7.78. The van der Waals surface area contributed by atoms with E-state index in [9.17, 15) is 0 Å². The highest BCUT2D eigenvalue weighted by Crippen LogP contribution is 2.12. The maximum atomic E-state index is 3.89. The van der Waals surface area contributed by atoms with Crippen LogP contribution in [0.4, 0.5) is 0 Å². The quantitative estimate of drug-likeness (QED) is 0.177. The Morgan fingerprint density at radius 3 is 0.955 bits per heavy atom. The molecule has 0 bridgehead atoms. The Morgan fingerprint density at radius 2 is 0.636 bits per heavy atom. The summed E-state index contributed by atoms with van der Waals surface area (Å²) in [5.74, 6) is 0. The van der Waals surface area contributed by atoms with Crippen LogP contribution in [0, 0.1) is 13.8 Å². The fraction of sp³-hybridized carbons (Fsp3) is 0.818. The highest BCUT2D eigenvalue weighted by atomic mass is 14.0. The Labute approximate surface area is 142 Å². The minimum atomic E-state index is 1.10. The van der Waals surface area contributed by atoms with Crippen molar-refractivity contribution >= 4 is 0 Å². The van der Waals surface area contributed by atoms with Gasteiger partial charge in [-0.25, -0.2) is 0 Å². The molecule has 0 aromatic heterocycles. The predicted molar refractivity (Wildman–Crippen MR) is 103 cm³/mol. The number of rotatable bonds is 18. The second kappa shape index (κ2) is 20.7. The van der Waals surface area contributed by atoms with Crippen molar-refractivity contribution in [3.05, 3.63) is 26.0 Å². The van der Waals surface area contributed by atoms with E-state index in [1.54, 1.807) is 0 Å². The summed E-state index contributed by atoms with van der Waals surface area (Å²) in [6.07, 6.45) is 29.2. The molecule has 0 saturated carbocycles. The molecule has 0 aliphatic rings. The minimum Gasteiger partial charge on any atom is -0.0885 e. The molecular formula is C22H42. The predicted octanol–water partition coefficient (Wildman–Crippen LogP) is 8.23. The smallest absolute Gasteiger partial charge is 0.0351 e. The molecule has 0 aromatic carbocycles. The van der Waals surface area contributed by atoms with Gasteiger partial charge in [0, 0.05) is 0 Å². The second-order valence-electron chi connectivity index (χ2n) is 6.71. The molecule has 2 radical (unpaired) electrons. The van der Waals surface area contributed by atoms with Gasteiger partial charge in [0.25, 0.3) is 0 Å². The fourth-order valence-corrected chi connectivity index (χ4v) is 2.88. The normalized spacial score (nSPS) is 11.5. The molecule has 0 amide bonds. The van der Waals surface area contributed by atoms with Crippen molar-refractivity contribution in [3.8, 4) is 0 Å². The van der Waals surface area contributed by atoms with Crippen LogP contribution in [-0.2, 0) is 0 Å². The average Bonchev–Trinajstić information content (AvgIpc) is 2.54. The Kier molecular flexibility index (Phi) is 20.5. The third-order valence-corrected chi connectivity index (χ3v) is 4.41. The standard InChI is InChI=1S/C22H42/c1-3-5-7-9-11-13-15-17-19-21-22-20-18-16-14-12-10-8-6-4-2/h15,17H,1-14,16,18-22H2. The Hall–Kier alpha value is -0.260. The van der Waals surface area contributed by atoms with Gasteiger partial charge >= 0.3 is 0 Å². The Morgan fingerprint density at radius 1 is 0.364 bits per heavy atom. The van der Waals surface area contributed by atoms with E-state index in [0.29, 0.717) is 0 Å². The maximum absolute atomic E-state index is 3.89. The largest absolute Gasteiger partial charge is 0.0885 e. The molecule has 0 aliphatic carbocycles. The number of hydrogen-bond acceptors (Lipinski definition) is 0. The van der Waals surface area contributed by atoms with Crippen LogP contribution in [-0.4, -0.2) is 0 Å². The van der Waals surface area contributed by atoms with Crippen LogP contribution >= 0.6 is 0 Å². The van der Waals surface area contributed by atoms with E-state index in [-0.39, 0.29) is 0 Å². The van der Waals surface area contributed by atoms with Crippen LogP contribution in [0.15, 0.2) is 12.2 Å². The van der Waals surface area contributed by atoms with E-state index in [4.69, 9.17) is 0 Å². The van der Waals surface area contributed by atoms with Gasteiger partial charge in [-0.15, -0.1) is 0 Å². The van der Waals surface area contributed by atoms with Crippen molar-refractivity contribution in [2.24, 2.45) is 0 Å². The monoisotopic (exact) mass is 306 g/mol. The summed E-state index contributed by atoms with van der Waals surface area (Å²) in [6, 6.07) is 0. The first kappa shape index (κ1) is 21.7. The van der Waals surface area contributed by atoms with Gasteiger partial charge < -0.3 is 0 Å². The molecule has 0 aromatic rings. The molecule has 0 atom stereocenters. The zero-order valence-corrected chi connectivity index (χ0v) is 15.3. The van der Waals surface area contributed by atoms with Gasteiger partial charge in [0.1, 0.15) is 0 Å². The number of hydrogen-bond donors (Lipinski definition) is 0. The molecular weight excluding hydrogens is 264 g/mol. The third-order valence-electron chi connectivity index (χ3n) is 4.41. The van der Waals surface area contributed by atoms with Crippen LogP contribution in [0.5, 0.6) is 0 Å². The van der Waals surface area contributed by atoms with E-state index < -0.39 is 0 Å².